The summed E-state index contributed by atoms with van der Waals surface area (Å²) in [7, 11) is 0. The van der Waals surface area contributed by atoms with Crippen molar-refractivity contribution in [3.8, 4) is 0 Å². The highest BCUT2D eigenvalue weighted by Crippen LogP contribution is 2.25. The number of halogens is 2. The van der Waals surface area contributed by atoms with Crippen LogP contribution in [0, 0.1) is 0 Å². The maximum Gasteiger partial charge on any atom is 0.337 e. The lowest BCUT2D eigenvalue weighted by molar-refractivity contribution is -0.146. The van der Waals surface area contributed by atoms with Gasteiger partial charge in [0.05, 0.1) is 4.83 Å². The highest BCUT2D eigenvalue weighted by molar-refractivity contribution is 9.10. The SMILES string of the molecule is CC(Br)C(=O)c1ccc(Cl)c(C(O)C(=O)O)c1. The van der Waals surface area contributed by atoms with Gasteiger partial charge in [0, 0.05) is 16.1 Å². The van der Waals surface area contributed by atoms with Crippen molar-refractivity contribution in [2.75, 3.05) is 0 Å². The number of aliphatic hydroxyl groups is 1. The second-order valence-corrected chi connectivity index (χ2v) is 5.24. The predicted molar refractivity (Wildman–Crippen MR) is 66.8 cm³/mol. The van der Waals surface area contributed by atoms with Crippen molar-refractivity contribution in [2.24, 2.45) is 0 Å². The van der Waals surface area contributed by atoms with E-state index in [2.05, 4.69) is 15.9 Å². The first-order valence-electron chi connectivity index (χ1n) is 4.73. The third-order valence-electron chi connectivity index (χ3n) is 2.17. The summed E-state index contributed by atoms with van der Waals surface area (Å²) in [5.74, 6) is -1.62. The zero-order valence-corrected chi connectivity index (χ0v) is 11.2. The maximum atomic E-state index is 11.7. The van der Waals surface area contributed by atoms with E-state index in [1.165, 1.54) is 18.2 Å². The number of ketones is 1. The lowest BCUT2D eigenvalue weighted by Gasteiger charge is -2.10. The zero-order chi connectivity index (χ0) is 13.2. The smallest absolute Gasteiger partial charge is 0.337 e. The Morgan fingerprint density at radius 1 is 1.41 bits per heavy atom. The van der Waals surface area contributed by atoms with Crippen molar-refractivity contribution < 1.29 is 19.8 Å². The summed E-state index contributed by atoms with van der Waals surface area (Å²) in [6.45, 7) is 1.66. The van der Waals surface area contributed by atoms with Gasteiger partial charge >= 0.3 is 5.97 Å². The van der Waals surface area contributed by atoms with Gasteiger partial charge < -0.3 is 10.2 Å². The van der Waals surface area contributed by atoms with Gasteiger partial charge in [-0.15, -0.1) is 0 Å². The number of aliphatic hydroxyl groups excluding tert-OH is 1. The second-order valence-electron chi connectivity index (χ2n) is 3.46. The summed E-state index contributed by atoms with van der Waals surface area (Å²) in [5.41, 5.74) is 0.312. The van der Waals surface area contributed by atoms with E-state index >= 15 is 0 Å². The summed E-state index contributed by atoms with van der Waals surface area (Å²) in [6.07, 6.45) is -1.74. The van der Waals surface area contributed by atoms with Gasteiger partial charge in [0.1, 0.15) is 0 Å². The van der Waals surface area contributed by atoms with Gasteiger partial charge in [-0.3, -0.25) is 4.79 Å². The third kappa shape index (κ3) is 3.28. The van der Waals surface area contributed by atoms with Gasteiger partial charge in [0.15, 0.2) is 11.9 Å². The van der Waals surface area contributed by atoms with E-state index in [1.54, 1.807) is 6.92 Å². The number of aliphatic carboxylic acids is 1. The Morgan fingerprint density at radius 3 is 2.47 bits per heavy atom. The first-order chi connectivity index (χ1) is 7.84. The van der Waals surface area contributed by atoms with Gasteiger partial charge in [-0.2, -0.15) is 0 Å². The molecule has 2 N–H and O–H groups in total. The molecule has 0 aliphatic rings. The van der Waals surface area contributed by atoms with E-state index in [-0.39, 0.29) is 16.4 Å². The Hall–Kier alpha value is -0.910. The molecule has 92 valence electrons. The normalized spacial score (nSPS) is 14.1. The Morgan fingerprint density at radius 2 is 2.00 bits per heavy atom. The zero-order valence-electron chi connectivity index (χ0n) is 8.85. The standard InChI is InChI=1S/C11H10BrClO4/c1-5(12)9(14)6-2-3-8(13)7(4-6)10(15)11(16)17/h2-5,10,15H,1H3,(H,16,17). The number of benzene rings is 1. The molecule has 4 nitrogen and oxygen atoms in total. The summed E-state index contributed by atoms with van der Waals surface area (Å²) >= 11 is 8.90. The topological polar surface area (TPSA) is 74.6 Å². The Balaban J connectivity index is 3.19. The maximum absolute atomic E-state index is 11.7. The number of Topliss-reactive ketones (excluding diaryl/α,β-unsaturated/α-hetero) is 1. The molecule has 0 radical (unpaired) electrons. The first-order valence-corrected chi connectivity index (χ1v) is 6.02. The largest absolute Gasteiger partial charge is 0.479 e. The molecule has 0 saturated heterocycles. The minimum absolute atomic E-state index is 0.0122. The van der Waals surface area contributed by atoms with Crippen molar-refractivity contribution in [1.82, 2.24) is 0 Å². The fourth-order valence-electron chi connectivity index (χ4n) is 1.27. The molecule has 0 saturated carbocycles. The van der Waals surface area contributed by atoms with Crippen LogP contribution in [0.2, 0.25) is 5.02 Å². The van der Waals surface area contributed by atoms with Crippen LogP contribution in [-0.4, -0.2) is 26.8 Å². The fraction of sp³-hybridized carbons (Fsp3) is 0.273. The van der Waals surface area contributed by atoms with Crippen molar-refractivity contribution >= 4 is 39.3 Å². The molecule has 0 fully saturated rings. The van der Waals surface area contributed by atoms with E-state index < -0.39 is 16.9 Å². The third-order valence-corrected chi connectivity index (χ3v) is 2.93. The van der Waals surface area contributed by atoms with Gasteiger partial charge in [-0.05, 0) is 25.1 Å². The monoisotopic (exact) mass is 320 g/mol. The quantitative estimate of drug-likeness (QED) is 0.660. The van der Waals surface area contributed by atoms with Crippen LogP contribution in [0.4, 0.5) is 0 Å². The molecule has 0 heterocycles. The number of hydrogen-bond donors (Lipinski definition) is 2. The van der Waals surface area contributed by atoms with E-state index in [1.807, 2.05) is 0 Å². The summed E-state index contributed by atoms with van der Waals surface area (Å²) in [6, 6.07) is 4.17. The summed E-state index contributed by atoms with van der Waals surface area (Å²) in [4.78, 5) is 22.0. The van der Waals surface area contributed by atoms with Crippen LogP contribution in [0.15, 0.2) is 18.2 Å². The van der Waals surface area contributed by atoms with Crippen LogP contribution in [0.5, 0.6) is 0 Å². The van der Waals surface area contributed by atoms with E-state index in [0.717, 1.165) is 0 Å². The number of alkyl halides is 1. The lowest BCUT2D eigenvalue weighted by Crippen LogP contribution is -2.14. The number of carboxylic acids is 1. The number of carboxylic acid groups (broad SMARTS) is 1. The molecule has 0 aliphatic heterocycles. The van der Waals surface area contributed by atoms with E-state index in [0.29, 0.717) is 5.56 Å². The molecule has 0 aliphatic carbocycles. The Bertz CT molecular complexity index is 459. The van der Waals surface area contributed by atoms with Crippen LogP contribution in [0.25, 0.3) is 0 Å². The van der Waals surface area contributed by atoms with Gasteiger partial charge in [-0.25, -0.2) is 4.79 Å². The van der Waals surface area contributed by atoms with Crippen LogP contribution >= 0.6 is 27.5 Å². The minimum atomic E-state index is -1.74. The Kier molecular flexibility index (Phi) is 4.68. The molecule has 2 atom stereocenters. The van der Waals surface area contributed by atoms with E-state index in [9.17, 15) is 14.7 Å². The van der Waals surface area contributed by atoms with Crippen LogP contribution in [-0.2, 0) is 4.79 Å². The van der Waals surface area contributed by atoms with E-state index in [4.69, 9.17) is 16.7 Å². The molecule has 0 spiro atoms. The number of carbonyl (C=O) groups excluding carboxylic acids is 1. The average Bonchev–Trinajstić information content (AvgIpc) is 2.27. The highest BCUT2D eigenvalue weighted by atomic mass is 79.9. The fourth-order valence-corrected chi connectivity index (χ4v) is 1.75. The van der Waals surface area contributed by atoms with Crippen molar-refractivity contribution in [2.45, 2.75) is 17.9 Å². The number of carbonyl (C=O) groups is 2. The number of rotatable bonds is 4. The van der Waals surface area contributed by atoms with Crippen LogP contribution in [0.1, 0.15) is 28.9 Å². The molecular weight excluding hydrogens is 311 g/mol. The minimum Gasteiger partial charge on any atom is -0.479 e. The van der Waals surface area contributed by atoms with Crippen molar-refractivity contribution in [3.05, 3.63) is 34.3 Å². The average molecular weight is 322 g/mol. The molecule has 0 aromatic heterocycles. The van der Waals surface area contributed by atoms with Crippen molar-refractivity contribution in [1.29, 1.82) is 0 Å². The lowest BCUT2D eigenvalue weighted by atomic mass is 10.0. The molecule has 1 aromatic rings. The highest BCUT2D eigenvalue weighted by Gasteiger charge is 2.21. The van der Waals surface area contributed by atoms with Gasteiger partial charge in [0.2, 0.25) is 0 Å². The molecule has 1 rings (SSSR count). The van der Waals surface area contributed by atoms with Gasteiger partial charge in [0.25, 0.3) is 0 Å². The van der Waals surface area contributed by atoms with Crippen LogP contribution in [0.3, 0.4) is 0 Å². The molecular formula is C11H10BrClO4. The molecule has 0 amide bonds. The second kappa shape index (κ2) is 5.62. The number of hydrogen-bond acceptors (Lipinski definition) is 3. The molecule has 2 unspecified atom stereocenters. The summed E-state index contributed by atoms with van der Waals surface area (Å²) in [5, 5.41) is 18.2. The van der Waals surface area contributed by atoms with Gasteiger partial charge in [-0.1, -0.05) is 27.5 Å². The molecule has 0 bridgehead atoms. The molecule has 1 aromatic carbocycles. The van der Waals surface area contributed by atoms with Crippen molar-refractivity contribution in [3.63, 3.8) is 0 Å². The molecule has 17 heavy (non-hydrogen) atoms. The molecule has 6 heteroatoms. The predicted octanol–water partition coefficient (Wildman–Crippen LogP) is 2.42. The van der Waals surface area contributed by atoms with Crippen LogP contribution < -0.4 is 0 Å². The Labute approximate surface area is 111 Å². The first kappa shape index (κ1) is 14.2. The summed E-state index contributed by atoms with van der Waals surface area (Å²) < 4.78 is 0.